The quantitative estimate of drug-likeness (QED) is 0.130. The second kappa shape index (κ2) is 15.3. The second-order valence-electron chi connectivity index (χ2n) is 14.9. The fourth-order valence-corrected chi connectivity index (χ4v) is 8.02. The molecule has 66 heavy (non-hydrogen) atoms. The van der Waals surface area contributed by atoms with Crippen molar-refractivity contribution in [1.82, 2.24) is 9.97 Å². The van der Waals surface area contributed by atoms with Gasteiger partial charge in [-0.2, -0.15) is 73.2 Å². The molecular formula is C48H20F12N6. The standard InChI is InChI=1S/C48H20F12N6/c49-45(50,51)27-9-1-23(2-10-27)31-17-35-37(19-33(31)25-5-13-29(14-6-25)47(55,56)57)41-43(39(35)63-21-61)66-42-38-20-34(26-7-15-30(16-8-26)48(58,59)60)32(18-36(38)40(64-22-62)44(42)65-41)24-3-11-28(12-4-24)46(52,53)54/h1-20H. The molecule has 0 aliphatic rings. The summed E-state index contributed by atoms with van der Waals surface area (Å²) in [7, 11) is 0. The summed E-state index contributed by atoms with van der Waals surface area (Å²) >= 11 is 0. The number of aromatic nitrogens is 2. The summed E-state index contributed by atoms with van der Waals surface area (Å²) < 4.78 is 163. The SMILES string of the molecule is N#CN=c1c2cc(-c3ccc(C(F)(F)F)cc3)c(-c3ccc(C(F)(F)F)cc3)cc2c2nc3c(=NC#N)c4cc(-c5ccc(C(F)(F)F)cc5)c(-c5ccc(C(F)(F)F)cc5)cc4c3nc12. The van der Waals surface area contributed by atoms with E-state index in [0.29, 0.717) is 0 Å². The van der Waals surface area contributed by atoms with Crippen molar-refractivity contribution >= 4 is 43.6 Å². The van der Waals surface area contributed by atoms with E-state index < -0.39 is 47.0 Å². The van der Waals surface area contributed by atoms with Crippen LogP contribution in [0.3, 0.4) is 0 Å². The van der Waals surface area contributed by atoms with E-state index in [1.165, 1.54) is 72.8 Å². The Balaban J connectivity index is 1.36. The molecule has 0 aliphatic heterocycles. The Morgan fingerprint density at radius 2 is 0.561 bits per heavy atom. The van der Waals surface area contributed by atoms with Crippen LogP contribution in [0.1, 0.15) is 22.3 Å². The van der Waals surface area contributed by atoms with Crippen LogP contribution >= 0.6 is 0 Å². The summed E-state index contributed by atoms with van der Waals surface area (Å²) in [6.45, 7) is 0. The third-order valence-electron chi connectivity index (χ3n) is 11.1. The van der Waals surface area contributed by atoms with E-state index in [2.05, 4.69) is 9.98 Å². The highest BCUT2D eigenvalue weighted by molar-refractivity contribution is 6.17. The second-order valence-corrected chi connectivity index (χ2v) is 14.9. The summed E-state index contributed by atoms with van der Waals surface area (Å²) in [4.78, 5) is 17.8. The van der Waals surface area contributed by atoms with Crippen molar-refractivity contribution in [3.8, 4) is 56.9 Å². The number of hydrogen-bond acceptors (Lipinski definition) is 6. The van der Waals surface area contributed by atoms with Gasteiger partial charge < -0.3 is 0 Å². The van der Waals surface area contributed by atoms with Crippen molar-refractivity contribution < 1.29 is 52.7 Å². The molecule has 0 N–H and O–H groups in total. The Hall–Kier alpha value is -8.12. The lowest BCUT2D eigenvalue weighted by molar-refractivity contribution is -0.138. The molecule has 6 nitrogen and oxygen atoms in total. The monoisotopic (exact) mass is 908 g/mol. The van der Waals surface area contributed by atoms with Gasteiger partial charge in [-0.05, 0) is 117 Å². The minimum atomic E-state index is -4.69. The molecule has 0 spiro atoms. The van der Waals surface area contributed by atoms with Crippen molar-refractivity contribution in [2.75, 3.05) is 0 Å². The first-order valence-electron chi connectivity index (χ1n) is 19.1. The van der Waals surface area contributed by atoms with Crippen molar-refractivity contribution in [1.29, 1.82) is 10.5 Å². The van der Waals surface area contributed by atoms with Gasteiger partial charge in [0.2, 0.25) is 12.4 Å². The van der Waals surface area contributed by atoms with Gasteiger partial charge >= 0.3 is 24.7 Å². The summed E-state index contributed by atoms with van der Waals surface area (Å²) in [5.41, 5.74) is -1.91. The maximum Gasteiger partial charge on any atom is 0.416 e. The summed E-state index contributed by atoms with van der Waals surface area (Å²) in [6, 6.07) is 22.2. The third-order valence-corrected chi connectivity index (χ3v) is 11.1. The average molecular weight is 909 g/mol. The fraction of sp³-hybridized carbons (Fsp3) is 0.0833. The first-order chi connectivity index (χ1) is 31.1. The zero-order valence-electron chi connectivity index (χ0n) is 32.8. The number of nitrogens with zero attached hydrogens (tertiary/aromatic N) is 6. The van der Waals surface area contributed by atoms with E-state index in [0.717, 1.165) is 48.5 Å². The maximum absolute atomic E-state index is 13.6. The Kier molecular flexibility index (Phi) is 9.98. The zero-order chi connectivity index (χ0) is 47.1. The van der Waals surface area contributed by atoms with Crippen LogP contribution in [0.2, 0.25) is 0 Å². The Bertz CT molecular complexity index is 3380. The molecule has 0 atom stereocenters. The third kappa shape index (κ3) is 7.49. The van der Waals surface area contributed by atoms with E-state index in [1.54, 1.807) is 12.4 Å². The minimum Gasteiger partial charge on any atom is -0.241 e. The van der Waals surface area contributed by atoms with Crippen molar-refractivity contribution in [3.05, 3.63) is 154 Å². The Morgan fingerprint density at radius 1 is 0.333 bits per heavy atom. The lowest BCUT2D eigenvalue weighted by atomic mass is 9.91. The predicted molar refractivity (Wildman–Crippen MR) is 219 cm³/mol. The van der Waals surface area contributed by atoms with E-state index in [-0.39, 0.29) is 98.8 Å². The van der Waals surface area contributed by atoms with Crippen LogP contribution in [0.4, 0.5) is 52.7 Å². The zero-order valence-corrected chi connectivity index (χ0v) is 32.8. The summed E-state index contributed by atoms with van der Waals surface area (Å²) in [6.07, 6.45) is -15.3. The van der Waals surface area contributed by atoms with E-state index in [9.17, 15) is 63.2 Å². The van der Waals surface area contributed by atoms with E-state index in [4.69, 9.17) is 9.97 Å². The molecule has 0 aliphatic carbocycles. The van der Waals surface area contributed by atoms with Gasteiger partial charge in [0.25, 0.3) is 0 Å². The van der Waals surface area contributed by atoms with Gasteiger partial charge in [-0.3, -0.25) is 0 Å². The van der Waals surface area contributed by atoms with Crippen molar-refractivity contribution in [2.45, 2.75) is 24.7 Å². The lowest BCUT2D eigenvalue weighted by Gasteiger charge is -2.14. The first kappa shape index (κ1) is 43.1. The van der Waals surface area contributed by atoms with Gasteiger partial charge in [-0.1, -0.05) is 48.5 Å². The average Bonchev–Trinajstić information content (AvgIpc) is 3.73. The van der Waals surface area contributed by atoms with Gasteiger partial charge in [0.15, 0.2) is 0 Å². The van der Waals surface area contributed by atoms with E-state index in [1.807, 2.05) is 0 Å². The maximum atomic E-state index is 13.6. The van der Waals surface area contributed by atoms with E-state index >= 15 is 0 Å². The van der Waals surface area contributed by atoms with Gasteiger partial charge in [-0.15, -0.1) is 0 Å². The number of rotatable bonds is 4. The minimum absolute atomic E-state index is 0.000271. The Morgan fingerprint density at radius 3 is 0.773 bits per heavy atom. The first-order valence-corrected chi connectivity index (χ1v) is 19.1. The fourth-order valence-electron chi connectivity index (χ4n) is 8.02. The molecule has 0 saturated heterocycles. The highest BCUT2D eigenvalue weighted by atomic mass is 19.4. The highest BCUT2D eigenvalue weighted by Gasteiger charge is 2.33. The van der Waals surface area contributed by atoms with Crippen LogP contribution < -0.4 is 10.7 Å². The molecule has 326 valence electrons. The number of benzene rings is 6. The lowest BCUT2D eigenvalue weighted by Crippen LogP contribution is -2.04. The largest absolute Gasteiger partial charge is 0.416 e. The normalized spacial score (nSPS) is 13.3. The van der Waals surface area contributed by atoms with Crippen LogP contribution in [-0.4, -0.2) is 9.97 Å². The number of alkyl halides is 12. The van der Waals surface area contributed by atoms with Crippen molar-refractivity contribution in [3.63, 3.8) is 0 Å². The number of halogens is 12. The molecule has 0 amide bonds. The molecule has 0 radical (unpaired) electrons. The topological polar surface area (TPSA) is 98.1 Å². The molecule has 9 aromatic rings. The van der Waals surface area contributed by atoms with Gasteiger partial charge in [0, 0.05) is 21.5 Å². The molecule has 18 heteroatoms. The molecule has 0 saturated carbocycles. The molecule has 1 aromatic heterocycles. The van der Waals surface area contributed by atoms with Gasteiger partial charge in [0.05, 0.1) is 33.3 Å². The molecule has 0 fully saturated rings. The smallest absolute Gasteiger partial charge is 0.241 e. The summed E-state index contributed by atoms with van der Waals surface area (Å²) in [5.74, 6) is 0. The summed E-state index contributed by atoms with van der Waals surface area (Å²) in [5, 5.41) is 20.6. The van der Waals surface area contributed by atoms with Crippen LogP contribution in [0.15, 0.2) is 131 Å². The Labute approximate surface area is 362 Å². The number of fused-ring (bicyclic) bond motifs is 6. The predicted octanol–water partition coefficient (Wildman–Crippen LogP) is 13.5. The molecule has 9 rings (SSSR count). The molecule has 1 heterocycles. The van der Waals surface area contributed by atoms with Crippen LogP contribution in [-0.2, 0) is 24.7 Å². The molecule has 0 bridgehead atoms. The molecule has 8 aromatic carbocycles. The van der Waals surface area contributed by atoms with Crippen LogP contribution in [0.25, 0.3) is 88.1 Å². The van der Waals surface area contributed by atoms with Gasteiger partial charge in [-0.25, -0.2) is 9.97 Å². The van der Waals surface area contributed by atoms with Crippen LogP contribution in [0, 0.1) is 22.9 Å². The number of hydrogen-bond donors (Lipinski definition) is 0. The van der Waals surface area contributed by atoms with Crippen molar-refractivity contribution in [2.24, 2.45) is 9.98 Å². The number of nitriles is 2. The van der Waals surface area contributed by atoms with Crippen LogP contribution in [0.5, 0.6) is 0 Å². The van der Waals surface area contributed by atoms with Gasteiger partial charge in [0.1, 0.15) is 21.7 Å². The molecular weight excluding hydrogens is 889 g/mol. The molecule has 0 unspecified atom stereocenters. The highest BCUT2D eigenvalue weighted by Crippen LogP contribution is 2.43.